The summed E-state index contributed by atoms with van der Waals surface area (Å²) in [6, 6.07) is 7.55. The Morgan fingerprint density at radius 3 is 2.52 bits per heavy atom. The fraction of sp³-hybridized carbons (Fsp3) is 0.450. The quantitative estimate of drug-likeness (QED) is 0.284. The molecule has 1 amide bonds. The second kappa shape index (κ2) is 12.4. The van der Waals surface area contributed by atoms with Crippen molar-refractivity contribution in [2.75, 3.05) is 34.2 Å². The number of guanidine groups is 1. The molecule has 3 N–H and O–H groups in total. The van der Waals surface area contributed by atoms with Crippen molar-refractivity contribution in [2.24, 2.45) is 4.99 Å². The van der Waals surface area contributed by atoms with Gasteiger partial charge in [-0.15, -0.1) is 24.0 Å². The highest BCUT2D eigenvalue weighted by Crippen LogP contribution is 2.08. The van der Waals surface area contributed by atoms with Gasteiger partial charge in [-0.3, -0.25) is 9.79 Å². The van der Waals surface area contributed by atoms with Crippen LogP contribution in [0.2, 0.25) is 0 Å². The third-order valence-electron chi connectivity index (χ3n) is 4.20. The zero-order valence-electron chi connectivity index (χ0n) is 17.7. The minimum absolute atomic E-state index is 0. The molecule has 29 heavy (non-hydrogen) atoms. The molecule has 0 atom stereocenters. The number of aromatic nitrogens is 1. The van der Waals surface area contributed by atoms with Gasteiger partial charge in [0, 0.05) is 32.2 Å². The van der Waals surface area contributed by atoms with Gasteiger partial charge in [-0.25, -0.2) is 4.98 Å². The van der Waals surface area contributed by atoms with Gasteiger partial charge in [0.05, 0.1) is 12.2 Å². The van der Waals surface area contributed by atoms with Gasteiger partial charge in [0.2, 0.25) is 5.89 Å². The van der Waals surface area contributed by atoms with Crippen molar-refractivity contribution in [3.8, 4) is 0 Å². The summed E-state index contributed by atoms with van der Waals surface area (Å²) in [6.45, 7) is 6.22. The zero-order chi connectivity index (χ0) is 20.5. The molecule has 0 unspecified atom stereocenters. The van der Waals surface area contributed by atoms with Crippen LogP contribution in [0.1, 0.15) is 33.3 Å². The summed E-state index contributed by atoms with van der Waals surface area (Å²) in [5.74, 6) is 2.00. The number of oxazole rings is 1. The van der Waals surface area contributed by atoms with Gasteiger partial charge < -0.3 is 25.3 Å². The van der Waals surface area contributed by atoms with E-state index in [2.05, 4.69) is 25.9 Å². The van der Waals surface area contributed by atoms with Crippen molar-refractivity contribution in [3.05, 3.63) is 52.7 Å². The lowest BCUT2D eigenvalue weighted by Gasteiger charge is -2.12. The van der Waals surface area contributed by atoms with E-state index >= 15 is 0 Å². The predicted molar refractivity (Wildman–Crippen MR) is 126 cm³/mol. The van der Waals surface area contributed by atoms with Crippen LogP contribution in [0.5, 0.6) is 0 Å². The van der Waals surface area contributed by atoms with Crippen LogP contribution in [0.3, 0.4) is 0 Å². The van der Waals surface area contributed by atoms with Crippen LogP contribution in [-0.4, -0.2) is 56.0 Å². The average molecular weight is 514 g/mol. The molecule has 2 rings (SSSR count). The van der Waals surface area contributed by atoms with E-state index in [0.29, 0.717) is 37.0 Å². The number of nitrogens with one attached hydrogen (secondary N) is 3. The fourth-order valence-corrected chi connectivity index (χ4v) is 2.50. The molecule has 8 nitrogen and oxygen atoms in total. The summed E-state index contributed by atoms with van der Waals surface area (Å²) in [5, 5.41) is 9.33. The molecule has 9 heteroatoms. The highest BCUT2D eigenvalue weighted by Gasteiger charge is 2.08. The van der Waals surface area contributed by atoms with E-state index in [1.165, 1.54) is 0 Å². The Balaban J connectivity index is 0.00000420. The van der Waals surface area contributed by atoms with Crippen LogP contribution in [-0.2, 0) is 13.1 Å². The molecule has 0 bridgehead atoms. The van der Waals surface area contributed by atoms with Gasteiger partial charge in [0.1, 0.15) is 5.76 Å². The number of hydrogen-bond acceptors (Lipinski definition) is 5. The van der Waals surface area contributed by atoms with E-state index in [1.807, 2.05) is 57.1 Å². The van der Waals surface area contributed by atoms with E-state index in [9.17, 15) is 4.79 Å². The van der Waals surface area contributed by atoms with Crippen LogP contribution >= 0.6 is 24.0 Å². The number of hydrogen-bond donors (Lipinski definition) is 3. The first-order valence-corrected chi connectivity index (χ1v) is 9.28. The molecule has 0 saturated heterocycles. The zero-order valence-corrected chi connectivity index (χ0v) is 20.0. The summed E-state index contributed by atoms with van der Waals surface area (Å²) in [5.41, 5.74) is 2.53. The molecule has 0 radical (unpaired) electrons. The van der Waals surface area contributed by atoms with Crippen LogP contribution in [0.4, 0.5) is 0 Å². The first kappa shape index (κ1) is 24.9. The highest BCUT2D eigenvalue weighted by molar-refractivity contribution is 14.0. The second-order valence-electron chi connectivity index (χ2n) is 6.79. The Hall–Kier alpha value is -2.14. The molecule has 0 fully saturated rings. The number of aryl methyl sites for hydroxylation is 2. The predicted octanol–water partition coefficient (Wildman–Crippen LogP) is 2.07. The lowest BCUT2D eigenvalue weighted by molar-refractivity contribution is 0.0951. The van der Waals surface area contributed by atoms with E-state index in [4.69, 9.17) is 4.42 Å². The number of benzene rings is 1. The minimum atomic E-state index is -0.0687. The largest absolute Gasteiger partial charge is 0.444 e. The number of aliphatic imine (C=N–C) groups is 1. The van der Waals surface area contributed by atoms with Crippen molar-refractivity contribution in [1.29, 1.82) is 0 Å². The Labute approximate surface area is 189 Å². The normalized spacial score (nSPS) is 11.2. The molecule has 0 aliphatic heterocycles. The van der Waals surface area contributed by atoms with E-state index in [0.717, 1.165) is 23.6 Å². The number of likely N-dealkylation sites (N-methyl/N-ethyl adjacent to an activating group) is 1. The number of carbonyl (C=O) groups excluding carboxylic acids is 1. The lowest BCUT2D eigenvalue weighted by Crippen LogP contribution is -2.36. The highest BCUT2D eigenvalue weighted by atomic mass is 127. The molecule has 1 heterocycles. The molecule has 1 aromatic heterocycles. The monoisotopic (exact) mass is 514 g/mol. The SMILES string of the molecule is CN=C(NCc1cccc(C(=O)NCCN(C)C)c1)NCc1nc(C)c(C)o1.I. The maximum absolute atomic E-state index is 12.3. The van der Waals surface area contributed by atoms with Crippen LogP contribution in [0, 0.1) is 13.8 Å². The Morgan fingerprint density at radius 1 is 1.17 bits per heavy atom. The topological polar surface area (TPSA) is 94.8 Å². The molecule has 0 saturated carbocycles. The average Bonchev–Trinajstić information content (AvgIpc) is 2.99. The molecule has 0 spiro atoms. The first-order valence-electron chi connectivity index (χ1n) is 9.28. The van der Waals surface area contributed by atoms with E-state index in [1.54, 1.807) is 7.05 Å². The van der Waals surface area contributed by atoms with Crippen molar-refractivity contribution >= 4 is 35.8 Å². The number of amides is 1. The standard InChI is InChI=1S/C20H30N6O2.HI/c1-14-15(2)28-18(25-14)13-24-20(21-3)23-12-16-7-6-8-17(11-16)19(27)22-9-10-26(4)5;/h6-8,11H,9-10,12-13H2,1-5H3,(H,22,27)(H2,21,23,24);1H. The summed E-state index contributed by atoms with van der Waals surface area (Å²) >= 11 is 0. The summed E-state index contributed by atoms with van der Waals surface area (Å²) in [7, 11) is 5.66. The fourth-order valence-electron chi connectivity index (χ4n) is 2.50. The van der Waals surface area contributed by atoms with Crippen LogP contribution in [0.25, 0.3) is 0 Å². The second-order valence-corrected chi connectivity index (χ2v) is 6.79. The van der Waals surface area contributed by atoms with Crippen LogP contribution in [0.15, 0.2) is 33.7 Å². The van der Waals surface area contributed by atoms with Gasteiger partial charge in [-0.05, 0) is 45.6 Å². The molecule has 2 aromatic rings. The van der Waals surface area contributed by atoms with Gasteiger partial charge in [0.25, 0.3) is 5.91 Å². The minimum Gasteiger partial charge on any atom is -0.444 e. The van der Waals surface area contributed by atoms with Gasteiger partial charge in [0.15, 0.2) is 5.96 Å². The molecule has 0 aliphatic rings. The van der Waals surface area contributed by atoms with Crippen molar-refractivity contribution in [2.45, 2.75) is 26.9 Å². The molecular weight excluding hydrogens is 483 g/mol. The number of carbonyl (C=O) groups is 1. The molecule has 1 aromatic carbocycles. The lowest BCUT2D eigenvalue weighted by atomic mass is 10.1. The smallest absolute Gasteiger partial charge is 0.251 e. The van der Waals surface area contributed by atoms with Crippen molar-refractivity contribution in [3.63, 3.8) is 0 Å². The van der Waals surface area contributed by atoms with Gasteiger partial charge in [-0.1, -0.05) is 12.1 Å². The Morgan fingerprint density at radius 2 is 1.90 bits per heavy atom. The molecular formula is C20H31IN6O2. The summed E-state index contributed by atoms with van der Waals surface area (Å²) in [4.78, 5) is 22.8. The summed E-state index contributed by atoms with van der Waals surface area (Å²) < 4.78 is 5.56. The Bertz CT molecular complexity index is 800. The number of rotatable bonds is 8. The molecule has 0 aliphatic carbocycles. The number of halogens is 1. The maximum atomic E-state index is 12.3. The van der Waals surface area contributed by atoms with Crippen LogP contribution < -0.4 is 16.0 Å². The number of nitrogens with zero attached hydrogens (tertiary/aromatic N) is 3. The van der Waals surface area contributed by atoms with Gasteiger partial charge >= 0.3 is 0 Å². The first-order chi connectivity index (χ1) is 13.4. The third-order valence-corrected chi connectivity index (χ3v) is 4.20. The van der Waals surface area contributed by atoms with Gasteiger partial charge in [-0.2, -0.15) is 0 Å². The summed E-state index contributed by atoms with van der Waals surface area (Å²) in [6.07, 6.45) is 0. The third kappa shape index (κ3) is 8.40. The van der Waals surface area contributed by atoms with Crippen molar-refractivity contribution in [1.82, 2.24) is 25.8 Å². The maximum Gasteiger partial charge on any atom is 0.251 e. The van der Waals surface area contributed by atoms with E-state index in [-0.39, 0.29) is 29.9 Å². The Kier molecular flexibility index (Phi) is 10.7. The molecule has 160 valence electrons. The van der Waals surface area contributed by atoms with E-state index < -0.39 is 0 Å². The van der Waals surface area contributed by atoms with Crippen molar-refractivity contribution < 1.29 is 9.21 Å².